The lowest BCUT2D eigenvalue weighted by Gasteiger charge is -2.12. The Balaban J connectivity index is 1.90. The van der Waals surface area contributed by atoms with Gasteiger partial charge in [0.25, 0.3) is 5.91 Å². The molecule has 2 N–H and O–H groups in total. The van der Waals surface area contributed by atoms with Gasteiger partial charge in [-0.2, -0.15) is 0 Å². The van der Waals surface area contributed by atoms with Crippen LogP contribution in [0.5, 0.6) is 0 Å². The largest absolute Gasteiger partial charge is 0.378 e. The summed E-state index contributed by atoms with van der Waals surface area (Å²) in [5.41, 5.74) is 1.38. The van der Waals surface area contributed by atoms with Gasteiger partial charge in [-0.25, -0.2) is 0 Å². The van der Waals surface area contributed by atoms with Gasteiger partial charge in [-0.15, -0.1) is 0 Å². The maximum absolute atomic E-state index is 11.9. The summed E-state index contributed by atoms with van der Waals surface area (Å²) in [5, 5.41) is 13.4. The topological polar surface area (TPSA) is 62.2 Å². The molecule has 1 unspecified atom stereocenters. The van der Waals surface area contributed by atoms with Crippen molar-refractivity contribution in [1.82, 2.24) is 10.3 Å². The number of pyridine rings is 1. The van der Waals surface area contributed by atoms with Gasteiger partial charge in [0, 0.05) is 29.0 Å². The van der Waals surface area contributed by atoms with Gasteiger partial charge >= 0.3 is 0 Å². The predicted molar refractivity (Wildman–Crippen MR) is 82.4 cm³/mol. The van der Waals surface area contributed by atoms with Crippen LogP contribution in [0.1, 0.15) is 17.2 Å². The minimum atomic E-state index is -1.30. The molecule has 4 nitrogen and oxygen atoms in total. The number of aliphatic hydroxyl groups excluding tert-OH is 1. The highest BCUT2D eigenvalue weighted by Crippen LogP contribution is 2.23. The molecule has 0 saturated carbocycles. The number of aliphatic hydroxyl groups is 1. The Kier molecular flexibility index (Phi) is 5.56. The number of carbonyl (C=O) groups is 1. The Morgan fingerprint density at radius 3 is 2.62 bits per heavy atom. The quantitative estimate of drug-likeness (QED) is 0.889. The van der Waals surface area contributed by atoms with Crippen molar-refractivity contribution in [1.29, 1.82) is 0 Å². The fourth-order valence-corrected chi connectivity index (χ4v) is 2.40. The van der Waals surface area contributed by atoms with E-state index in [-0.39, 0.29) is 0 Å². The summed E-state index contributed by atoms with van der Waals surface area (Å²) in [5.74, 6) is -0.489. The number of benzene rings is 1. The minimum absolute atomic E-state index is 0.367. The Hall–Kier alpha value is -1.62. The average Bonchev–Trinajstić information content (AvgIpc) is 2.46. The van der Waals surface area contributed by atoms with Crippen LogP contribution in [0.3, 0.4) is 0 Å². The van der Waals surface area contributed by atoms with E-state index in [4.69, 9.17) is 23.2 Å². The molecule has 0 aliphatic heterocycles. The second kappa shape index (κ2) is 7.41. The molecule has 2 rings (SSSR count). The number of carbonyl (C=O) groups excluding carboxylic acids is 1. The zero-order valence-corrected chi connectivity index (χ0v) is 12.6. The molecule has 1 heterocycles. The fourth-order valence-electron chi connectivity index (χ4n) is 1.86. The van der Waals surface area contributed by atoms with E-state index in [0.717, 1.165) is 5.56 Å². The SMILES string of the molecule is O=C(NCCc1cccnc1)C(O)c1cc(Cl)cc(Cl)c1. The fraction of sp³-hybridized carbons (Fsp3) is 0.200. The van der Waals surface area contributed by atoms with Crippen molar-refractivity contribution in [2.24, 2.45) is 0 Å². The normalized spacial score (nSPS) is 12.0. The zero-order chi connectivity index (χ0) is 15.2. The third kappa shape index (κ3) is 4.70. The molecule has 1 aromatic carbocycles. The van der Waals surface area contributed by atoms with Crippen LogP contribution in [0.25, 0.3) is 0 Å². The number of nitrogens with one attached hydrogen (secondary N) is 1. The third-order valence-corrected chi connectivity index (χ3v) is 3.32. The van der Waals surface area contributed by atoms with Gasteiger partial charge in [0.2, 0.25) is 0 Å². The van der Waals surface area contributed by atoms with Crippen LogP contribution in [0, 0.1) is 0 Å². The molecule has 1 aromatic heterocycles. The molecule has 110 valence electrons. The summed E-state index contributed by atoms with van der Waals surface area (Å²) in [6.07, 6.45) is 2.77. The highest BCUT2D eigenvalue weighted by molar-refractivity contribution is 6.34. The average molecular weight is 325 g/mol. The summed E-state index contributed by atoms with van der Waals surface area (Å²) < 4.78 is 0. The number of aromatic nitrogens is 1. The van der Waals surface area contributed by atoms with Crippen LogP contribution in [-0.4, -0.2) is 22.5 Å². The number of rotatable bonds is 5. The van der Waals surface area contributed by atoms with E-state index in [1.54, 1.807) is 18.5 Å². The van der Waals surface area contributed by atoms with E-state index < -0.39 is 12.0 Å². The summed E-state index contributed by atoms with van der Waals surface area (Å²) in [6.45, 7) is 0.413. The number of nitrogens with zero attached hydrogens (tertiary/aromatic N) is 1. The van der Waals surface area contributed by atoms with Crippen molar-refractivity contribution in [3.8, 4) is 0 Å². The smallest absolute Gasteiger partial charge is 0.253 e. The Labute approximate surface area is 132 Å². The molecule has 1 atom stereocenters. The summed E-state index contributed by atoms with van der Waals surface area (Å²) in [4.78, 5) is 15.9. The van der Waals surface area contributed by atoms with Gasteiger partial charge in [0.1, 0.15) is 0 Å². The van der Waals surface area contributed by atoms with Crippen LogP contribution < -0.4 is 5.32 Å². The molecule has 6 heteroatoms. The number of hydrogen-bond donors (Lipinski definition) is 2. The van der Waals surface area contributed by atoms with Crippen LogP contribution in [0.2, 0.25) is 10.0 Å². The molecular formula is C15H14Cl2N2O2. The monoisotopic (exact) mass is 324 g/mol. The molecule has 1 amide bonds. The highest BCUT2D eigenvalue weighted by atomic mass is 35.5. The number of hydrogen-bond acceptors (Lipinski definition) is 3. The maximum atomic E-state index is 11.9. The second-order valence-electron chi connectivity index (χ2n) is 4.51. The van der Waals surface area contributed by atoms with Crippen LogP contribution in [0.15, 0.2) is 42.7 Å². The van der Waals surface area contributed by atoms with E-state index in [2.05, 4.69) is 10.3 Å². The van der Waals surface area contributed by atoms with Crippen molar-refractivity contribution >= 4 is 29.1 Å². The summed E-state index contributed by atoms with van der Waals surface area (Å²) >= 11 is 11.7. The number of amides is 1. The van der Waals surface area contributed by atoms with Gasteiger partial charge in [-0.3, -0.25) is 9.78 Å². The number of halogens is 2. The first-order valence-electron chi connectivity index (χ1n) is 6.37. The zero-order valence-electron chi connectivity index (χ0n) is 11.1. The van der Waals surface area contributed by atoms with Gasteiger partial charge in [0.15, 0.2) is 6.10 Å². The van der Waals surface area contributed by atoms with E-state index in [9.17, 15) is 9.90 Å². The molecule has 2 aromatic rings. The van der Waals surface area contributed by atoms with Crippen molar-refractivity contribution < 1.29 is 9.90 Å². The lowest BCUT2D eigenvalue weighted by atomic mass is 10.1. The van der Waals surface area contributed by atoms with E-state index in [1.165, 1.54) is 12.1 Å². The van der Waals surface area contributed by atoms with Crippen LogP contribution >= 0.6 is 23.2 Å². The molecule has 0 fully saturated rings. The lowest BCUT2D eigenvalue weighted by Crippen LogP contribution is -2.31. The lowest BCUT2D eigenvalue weighted by molar-refractivity contribution is -0.129. The molecule has 0 aliphatic rings. The first kappa shape index (κ1) is 15.8. The Bertz CT molecular complexity index is 600. The van der Waals surface area contributed by atoms with E-state index in [0.29, 0.717) is 28.6 Å². The van der Waals surface area contributed by atoms with E-state index >= 15 is 0 Å². The van der Waals surface area contributed by atoms with Gasteiger partial charge in [-0.05, 0) is 41.8 Å². The van der Waals surface area contributed by atoms with Crippen LogP contribution in [-0.2, 0) is 11.2 Å². The van der Waals surface area contributed by atoms with Crippen molar-refractivity contribution in [3.63, 3.8) is 0 Å². The predicted octanol–water partition coefficient (Wildman–Crippen LogP) is 2.78. The second-order valence-corrected chi connectivity index (χ2v) is 5.38. The standard InChI is InChI=1S/C15H14Cl2N2O2/c16-12-6-11(7-13(17)8-12)14(20)15(21)19-5-3-10-2-1-4-18-9-10/h1-2,4,6-9,14,20H,3,5H2,(H,19,21). The molecule has 0 bridgehead atoms. The van der Waals surface area contributed by atoms with Crippen molar-refractivity contribution in [2.75, 3.05) is 6.54 Å². The molecule has 0 radical (unpaired) electrons. The molecule has 0 saturated heterocycles. The van der Waals surface area contributed by atoms with Crippen LogP contribution in [0.4, 0.5) is 0 Å². The summed E-state index contributed by atoms with van der Waals surface area (Å²) in [7, 11) is 0. The van der Waals surface area contributed by atoms with Gasteiger partial charge in [-0.1, -0.05) is 29.3 Å². The Morgan fingerprint density at radius 2 is 2.00 bits per heavy atom. The van der Waals surface area contributed by atoms with Gasteiger partial charge < -0.3 is 10.4 Å². The van der Waals surface area contributed by atoms with Gasteiger partial charge in [0.05, 0.1) is 0 Å². The molecular weight excluding hydrogens is 311 g/mol. The highest BCUT2D eigenvalue weighted by Gasteiger charge is 2.17. The van der Waals surface area contributed by atoms with Crippen molar-refractivity contribution in [2.45, 2.75) is 12.5 Å². The Morgan fingerprint density at radius 1 is 1.29 bits per heavy atom. The first-order chi connectivity index (χ1) is 10.1. The van der Waals surface area contributed by atoms with E-state index in [1.807, 2.05) is 12.1 Å². The first-order valence-corrected chi connectivity index (χ1v) is 7.12. The minimum Gasteiger partial charge on any atom is -0.378 e. The molecule has 21 heavy (non-hydrogen) atoms. The third-order valence-electron chi connectivity index (χ3n) is 2.88. The molecule has 0 spiro atoms. The molecule has 0 aliphatic carbocycles. The van der Waals surface area contributed by atoms with Crippen molar-refractivity contribution in [3.05, 3.63) is 63.9 Å². The maximum Gasteiger partial charge on any atom is 0.253 e. The summed E-state index contributed by atoms with van der Waals surface area (Å²) in [6, 6.07) is 8.32.